The molecular formula is C12H13BrFN5O. The molecule has 2 aromatic heterocycles. The van der Waals surface area contributed by atoms with Gasteiger partial charge in [0.15, 0.2) is 0 Å². The summed E-state index contributed by atoms with van der Waals surface area (Å²) in [4.78, 5) is 16.3. The van der Waals surface area contributed by atoms with Crippen molar-refractivity contribution < 1.29 is 4.39 Å². The van der Waals surface area contributed by atoms with Gasteiger partial charge in [0.05, 0.1) is 12.9 Å². The van der Waals surface area contributed by atoms with Gasteiger partial charge in [-0.05, 0) is 40.1 Å². The van der Waals surface area contributed by atoms with E-state index in [2.05, 4.69) is 26.0 Å². The Labute approximate surface area is 122 Å². The number of halogens is 2. The highest BCUT2D eigenvalue weighted by atomic mass is 79.9. The second kappa shape index (κ2) is 6.10. The van der Waals surface area contributed by atoms with E-state index in [-0.39, 0.29) is 18.7 Å². The smallest absolute Gasteiger partial charge is 0.327 e. The molecule has 0 unspecified atom stereocenters. The van der Waals surface area contributed by atoms with Crippen LogP contribution >= 0.6 is 15.9 Å². The molecule has 2 N–H and O–H groups in total. The quantitative estimate of drug-likeness (QED) is 0.909. The summed E-state index contributed by atoms with van der Waals surface area (Å²) in [5.41, 5.74) is 6.20. The van der Waals surface area contributed by atoms with Crippen LogP contribution in [0.4, 0.5) is 4.39 Å². The minimum absolute atomic E-state index is 0.0222. The highest BCUT2D eigenvalue weighted by Gasteiger charge is 2.10. The Morgan fingerprint density at radius 2 is 2.35 bits per heavy atom. The summed E-state index contributed by atoms with van der Waals surface area (Å²) in [7, 11) is 0. The third kappa shape index (κ3) is 2.86. The number of hydrogen-bond acceptors (Lipinski definition) is 4. The highest BCUT2D eigenvalue weighted by Crippen LogP contribution is 2.15. The van der Waals surface area contributed by atoms with Gasteiger partial charge in [-0.3, -0.25) is 0 Å². The van der Waals surface area contributed by atoms with E-state index in [1.54, 1.807) is 12.3 Å². The standard InChI is InChI=1S/C12H13BrFN5O/c1-8-2-11(16-5-10(8)13)18-7-17-19(12(18)20)6-9(3-14)4-15/h2-3,5,7H,4,6,15H2,1H3/b9-3+. The minimum atomic E-state index is -0.396. The Bertz CT molecular complexity index is 706. The van der Waals surface area contributed by atoms with Gasteiger partial charge in [0, 0.05) is 17.2 Å². The summed E-state index contributed by atoms with van der Waals surface area (Å²) >= 11 is 3.34. The molecule has 0 saturated carbocycles. The number of aromatic nitrogens is 4. The second-order valence-corrected chi connectivity index (χ2v) is 5.06. The van der Waals surface area contributed by atoms with Crippen LogP contribution < -0.4 is 11.4 Å². The summed E-state index contributed by atoms with van der Waals surface area (Å²) in [5.74, 6) is 0.459. The zero-order valence-electron chi connectivity index (χ0n) is 10.8. The van der Waals surface area contributed by atoms with Crippen molar-refractivity contribution in [2.45, 2.75) is 13.5 Å². The second-order valence-electron chi connectivity index (χ2n) is 4.20. The van der Waals surface area contributed by atoms with E-state index < -0.39 is 5.69 Å². The molecule has 0 saturated heterocycles. The zero-order valence-corrected chi connectivity index (χ0v) is 12.3. The van der Waals surface area contributed by atoms with Gasteiger partial charge in [-0.2, -0.15) is 5.10 Å². The Kier molecular flexibility index (Phi) is 4.46. The van der Waals surface area contributed by atoms with Gasteiger partial charge in [0.2, 0.25) is 0 Å². The monoisotopic (exact) mass is 341 g/mol. The van der Waals surface area contributed by atoms with Gasteiger partial charge >= 0.3 is 5.69 Å². The van der Waals surface area contributed by atoms with Gasteiger partial charge in [0.1, 0.15) is 12.1 Å². The third-order valence-corrected chi connectivity index (χ3v) is 3.61. The molecule has 0 aromatic carbocycles. The molecule has 0 spiro atoms. The molecule has 0 bridgehead atoms. The molecule has 0 aliphatic heterocycles. The molecule has 2 aromatic rings. The van der Waals surface area contributed by atoms with Crippen LogP contribution in [0.2, 0.25) is 0 Å². The molecule has 0 aliphatic rings. The van der Waals surface area contributed by atoms with Crippen molar-refractivity contribution in [2.75, 3.05) is 6.54 Å². The van der Waals surface area contributed by atoms with Gasteiger partial charge in [-0.25, -0.2) is 23.4 Å². The van der Waals surface area contributed by atoms with Gasteiger partial charge < -0.3 is 5.73 Å². The molecule has 2 rings (SSSR count). The van der Waals surface area contributed by atoms with Crippen molar-refractivity contribution in [2.24, 2.45) is 5.73 Å². The molecule has 0 radical (unpaired) electrons. The lowest BCUT2D eigenvalue weighted by Gasteiger charge is -2.03. The van der Waals surface area contributed by atoms with E-state index in [1.165, 1.54) is 10.9 Å². The van der Waals surface area contributed by atoms with E-state index in [0.29, 0.717) is 12.1 Å². The van der Waals surface area contributed by atoms with Crippen LogP contribution in [0.25, 0.3) is 5.82 Å². The predicted molar refractivity (Wildman–Crippen MR) is 76.3 cm³/mol. The maximum absolute atomic E-state index is 12.5. The lowest BCUT2D eigenvalue weighted by Crippen LogP contribution is -2.26. The summed E-state index contributed by atoms with van der Waals surface area (Å²) in [6.07, 6.45) is 3.36. The molecule has 0 amide bonds. The van der Waals surface area contributed by atoms with Gasteiger partial charge in [-0.1, -0.05) is 0 Å². The SMILES string of the molecule is Cc1cc(-n2cnn(C/C(=C/F)CN)c2=O)ncc1Br. The van der Waals surface area contributed by atoms with Crippen molar-refractivity contribution in [1.29, 1.82) is 0 Å². The summed E-state index contributed by atoms with van der Waals surface area (Å²) in [6, 6.07) is 1.76. The number of aryl methyl sites for hydroxylation is 1. The van der Waals surface area contributed by atoms with Crippen LogP contribution in [-0.2, 0) is 6.54 Å². The molecule has 0 atom stereocenters. The van der Waals surface area contributed by atoms with Crippen LogP contribution in [0, 0.1) is 6.92 Å². The Morgan fingerprint density at radius 1 is 1.60 bits per heavy atom. The van der Waals surface area contributed by atoms with Gasteiger partial charge in [0.25, 0.3) is 0 Å². The van der Waals surface area contributed by atoms with E-state index in [0.717, 1.165) is 14.7 Å². The first kappa shape index (κ1) is 14.6. The minimum Gasteiger partial charge on any atom is -0.327 e. The maximum atomic E-state index is 12.5. The van der Waals surface area contributed by atoms with Crippen molar-refractivity contribution in [1.82, 2.24) is 19.3 Å². The Morgan fingerprint density at radius 3 is 2.95 bits per heavy atom. The summed E-state index contributed by atoms with van der Waals surface area (Å²) in [5, 5.41) is 3.93. The number of nitrogens with zero attached hydrogens (tertiary/aromatic N) is 4. The third-order valence-electron chi connectivity index (χ3n) is 2.78. The first-order valence-corrected chi connectivity index (χ1v) is 6.61. The van der Waals surface area contributed by atoms with E-state index in [1.807, 2.05) is 6.92 Å². The van der Waals surface area contributed by atoms with E-state index in [9.17, 15) is 9.18 Å². The average Bonchev–Trinajstić information content (AvgIpc) is 2.80. The zero-order chi connectivity index (χ0) is 14.7. The van der Waals surface area contributed by atoms with Crippen LogP contribution in [0.3, 0.4) is 0 Å². The fourth-order valence-electron chi connectivity index (χ4n) is 1.59. The number of rotatable bonds is 4. The summed E-state index contributed by atoms with van der Waals surface area (Å²) < 4.78 is 15.8. The van der Waals surface area contributed by atoms with Crippen LogP contribution in [0.15, 0.2) is 39.8 Å². The predicted octanol–water partition coefficient (Wildman–Crippen LogP) is 1.31. The van der Waals surface area contributed by atoms with Crippen molar-refractivity contribution in [3.8, 4) is 5.82 Å². The normalized spacial score (nSPS) is 11.9. The van der Waals surface area contributed by atoms with E-state index >= 15 is 0 Å². The number of pyridine rings is 1. The van der Waals surface area contributed by atoms with Gasteiger partial charge in [-0.15, -0.1) is 0 Å². The molecule has 106 valence electrons. The molecule has 6 nitrogen and oxygen atoms in total. The van der Waals surface area contributed by atoms with Crippen LogP contribution in [-0.4, -0.2) is 25.9 Å². The lowest BCUT2D eigenvalue weighted by atomic mass is 10.3. The summed E-state index contributed by atoms with van der Waals surface area (Å²) in [6.45, 7) is 1.95. The van der Waals surface area contributed by atoms with Crippen LogP contribution in [0.1, 0.15) is 5.56 Å². The lowest BCUT2D eigenvalue weighted by molar-refractivity contribution is 0.612. The molecule has 0 aliphatic carbocycles. The first-order chi connectivity index (χ1) is 9.56. The van der Waals surface area contributed by atoms with E-state index in [4.69, 9.17) is 5.73 Å². The van der Waals surface area contributed by atoms with Crippen molar-refractivity contribution in [3.05, 3.63) is 51.0 Å². The largest absolute Gasteiger partial charge is 0.351 e. The Hall–Kier alpha value is -1.80. The number of nitrogens with two attached hydrogens (primary N) is 1. The first-order valence-electron chi connectivity index (χ1n) is 5.82. The topological polar surface area (TPSA) is 78.7 Å². The molecule has 2 heterocycles. The maximum Gasteiger partial charge on any atom is 0.351 e. The molecule has 0 fully saturated rings. The van der Waals surface area contributed by atoms with Crippen molar-refractivity contribution >= 4 is 15.9 Å². The average molecular weight is 342 g/mol. The fraction of sp³-hybridized carbons (Fsp3) is 0.250. The molecule has 20 heavy (non-hydrogen) atoms. The molecular weight excluding hydrogens is 329 g/mol. The Balaban J connectivity index is 2.38. The molecule has 8 heteroatoms. The van der Waals surface area contributed by atoms with Crippen LogP contribution in [0.5, 0.6) is 0 Å². The fourth-order valence-corrected chi connectivity index (χ4v) is 1.81. The number of hydrogen-bond donors (Lipinski definition) is 1. The highest BCUT2D eigenvalue weighted by molar-refractivity contribution is 9.10. The van der Waals surface area contributed by atoms with Crippen molar-refractivity contribution in [3.63, 3.8) is 0 Å².